The molecule has 4 rings (SSSR count). The van der Waals surface area contributed by atoms with Crippen LogP contribution in [0.3, 0.4) is 0 Å². The van der Waals surface area contributed by atoms with Gasteiger partial charge in [-0.2, -0.15) is 26.3 Å². The van der Waals surface area contributed by atoms with E-state index in [9.17, 15) is 50.2 Å². The number of carbonyl (C=O) groups is 2. The predicted molar refractivity (Wildman–Crippen MR) is 168 cm³/mol. The first-order valence-electron chi connectivity index (χ1n) is 16.0. The van der Waals surface area contributed by atoms with E-state index in [1.165, 1.54) is 13.8 Å². The van der Waals surface area contributed by atoms with Crippen molar-refractivity contribution in [1.82, 2.24) is 14.8 Å². The Morgan fingerprint density at radius 1 is 0.902 bits per heavy atom. The van der Waals surface area contributed by atoms with Crippen molar-refractivity contribution in [3.05, 3.63) is 91.6 Å². The van der Waals surface area contributed by atoms with Crippen molar-refractivity contribution in [1.29, 1.82) is 0 Å². The third kappa shape index (κ3) is 8.94. The monoisotopic (exact) mass is 733 g/mol. The van der Waals surface area contributed by atoms with Gasteiger partial charge in [0.05, 0.1) is 23.6 Å². The molecule has 0 spiro atoms. The number of carbonyl (C=O) groups excluding carboxylic acids is 1. The molecular formula is C35H36F9N3O4. The second-order valence-electron chi connectivity index (χ2n) is 13.1. The van der Waals surface area contributed by atoms with Gasteiger partial charge in [-0.05, 0) is 92.6 Å². The van der Waals surface area contributed by atoms with E-state index in [2.05, 4.69) is 5.32 Å². The molecular weight excluding hydrogens is 697 g/mol. The summed E-state index contributed by atoms with van der Waals surface area (Å²) in [4.78, 5) is 40.9. The second-order valence-corrected chi connectivity index (χ2v) is 13.1. The van der Waals surface area contributed by atoms with E-state index in [0.29, 0.717) is 23.7 Å². The normalized spacial score (nSPS) is 15.1. The van der Waals surface area contributed by atoms with Gasteiger partial charge >= 0.3 is 18.3 Å². The van der Waals surface area contributed by atoms with E-state index in [1.807, 2.05) is 4.90 Å². The summed E-state index contributed by atoms with van der Waals surface area (Å²) >= 11 is 0. The molecule has 0 aliphatic carbocycles. The molecule has 51 heavy (non-hydrogen) atoms. The summed E-state index contributed by atoms with van der Waals surface area (Å²) < 4.78 is 131. The summed E-state index contributed by atoms with van der Waals surface area (Å²) in [5.74, 6) is -8.17. The van der Waals surface area contributed by atoms with Crippen LogP contribution in [-0.4, -0.2) is 46.1 Å². The number of likely N-dealkylation sites (tertiary alicyclic amines) is 1. The highest BCUT2D eigenvalue weighted by molar-refractivity contribution is 5.82. The summed E-state index contributed by atoms with van der Waals surface area (Å²) in [6, 6.07) is -1.66. The van der Waals surface area contributed by atoms with Crippen LogP contribution >= 0.6 is 0 Å². The third-order valence-corrected chi connectivity index (χ3v) is 8.80. The lowest BCUT2D eigenvalue weighted by Crippen LogP contribution is -2.41. The fourth-order valence-corrected chi connectivity index (χ4v) is 6.33. The molecule has 0 saturated carbocycles. The number of aryl methyl sites for hydroxylation is 2. The van der Waals surface area contributed by atoms with Crippen molar-refractivity contribution >= 4 is 11.9 Å². The number of carboxylic acids is 1. The standard InChI is InChI=1S/C35H36F9N3O4/c1-17(2)10-26(47-16-20(6-9-46-7-5-8-46)23(14-27(47)48)34(39,40)41)33(51)45-25(15-28(49)50)30-31(37)22(13-24(32(30)38)35(42,43)44)29-18(3)11-21(36)12-19(29)4/h11-14,16-17,25-26H,5-10,15H2,1-4H3,(H,45,51)(H,49,50)/t25-,26?/m0/s1. The number of pyridine rings is 1. The number of aliphatic carboxylic acids is 1. The molecule has 1 amide bonds. The van der Waals surface area contributed by atoms with Gasteiger partial charge in [0.1, 0.15) is 23.5 Å². The van der Waals surface area contributed by atoms with Crippen LogP contribution in [-0.2, 0) is 28.4 Å². The van der Waals surface area contributed by atoms with Crippen LogP contribution in [0.4, 0.5) is 39.5 Å². The zero-order chi connectivity index (χ0) is 38.2. The van der Waals surface area contributed by atoms with Crippen LogP contribution in [0, 0.1) is 37.2 Å². The highest BCUT2D eigenvalue weighted by atomic mass is 19.4. The van der Waals surface area contributed by atoms with Crippen molar-refractivity contribution in [3.63, 3.8) is 0 Å². The number of rotatable bonds is 12. The lowest BCUT2D eigenvalue weighted by Gasteiger charge is -2.31. The van der Waals surface area contributed by atoms with Crippen molar-refractivity contribution in [2.75, 3.05) is 19.6 Å². The molecule has 1 aromatic heterocycles. The molecule has 1 saturated heterocycles. The molecule has 2 heterocycles. The molecule has 2 aromatic carbocycles. The minimum absolute atomic E-state index is 0.0282. The summed E-state index contributed by atoms with van der Waals surface area (Å²) in [6.45, 7) is 7.28. The first-order valence-corrected chi connectivity index (χ1v) is 16.0. The smallest absolute Gasteiger partial charge is 0.419 e. The maximum absolute atomic E-state index is 16.4. The number of carboxylic acid groups (broad SMARTS) is 1. The number of alkyl halides is 6. The molecule has 7 nitrogen and oxygen atoms in total. The predicted octanol–water partition coefficient (Wildman–Crippen LogP) is 7.75. The minimum atomic E-state index is -5.44. The molecule has 1 fully saturated rings. The number of nitrogens with zero attached hydrogens (tertiary/aromatic N) is 2. The van der Waals surface area contributed by atoms with E-state index in [1.54, 1.807) is 13.8 Å². The van der Waals surface area contributed by atoms with Crippen LogP contribution in [0.25, 0.3) is 11.1 Å². The lowest BCUT2D eigenvalue weighted by atomic mass is 9.89. The molecule has 1 unspecified atom stereocenters. The molecule has 0 bridgehead atoms. The number of nitrogens with one attached hydrogen (secondary N) is 1. The highest BCUT2D eigenvalue weighted by Crippen LogP contribution is 2.42. The second kappa shape index (κ2) is 15.1. The molecule has 0 radical (unpaired) electrons. The number of halogens is 9. The maximum Gasteiger partial charge on any atom is 0.419 e. The molecule has 16 heteroatoms. The van der Waals surface area contributed by atoms with E-state index in [-0.39, 0.29) is 47.7 Å². The minimum Gasteiger partial charge on any atom is -0.481 e. The van der Waals surface area contributed by atoms with Gasteiger partial charge in [0, 0.05) is 29.9 Å². The highest BCUT2D eigenvalue weighted by Gasteiger charge is 2.41. The zero-order valence-corrected chi connectivity index (χ0v) is 28.0. The fourth-order valence-electron chi connectivity index (χ4n) is 6.33. The largest absolute Gasteiger partial charge is 0.481 e. The van der Waals surface area contributed by atoms with Gasteiger partial charge in [0.25, 0.3) is 5.56 Å². The van der Waals surface area contributed by atoms with E-state index in [0.717, 1.165) is 24.8 Å². The lowest BCUT2D eigenvalue weighted by molar-refractivity contribution is -0.140. The van der Waals surface area contributed by atoms with Gasteiger partial charge in [0.15, 0.2) is 0 Å². The van der Waals surface area contributed by atoms with Crippen LogP contribution in [0.5, 0.6) is 0 Å². The Morgan fingerprint density at radius 3 is 1.98 bits per heavy atom. The number of benzene rings is 2. The zero-order valence-electron chi connectivity index (χ0n) is 28.0. The Labute approximate surface area is 287 Å². The molecule has 2 N–H and O–H groups in total. The Balaban J connectivity index is 1.88. The fraction of sp³-hybridized carbons (Fsp3) is 0.457. The molecule has 3 aromatic rings. The van der Waals surface area contributed by atoms with Gasteiger partial charge in [0.2, 0.25) is 5.91 Å². The van der Waals surface area contributed by atoms with Crippen LogP contribution in [0.2, 0.25) is 0 Å². The van der Waals surface area contributed by atoms with Crippen molar-refractivity contribution in [2.24, 2.45) is 5.92 Å². The first kappa shape index (κ1) is 39.4. The van der Waals surface area contributed by atoms with Gasteiger partial charge in [-0.3, -0.25) is 14.4 Å². The topological polar surface area (TPSA) is 91.6 Å². The van der Waals surface area contributed by atoms with Gasteiger partial charge in [-0.15, -0.1) is 0 Å². The van der Waals surface area contributed by atoms with Gasteiger partial charge in [-0.25, -0.2) is 13.2 Å². The number of hydrogen-bond acceptors (Lipinski definition) is 4. The van der Waals surface area contributed by atoms with Crippen molar-refractivity contribution < 1.29 is 54.2 Å². The first-order chi connectivity index (χ1) is 23.6. The molecule has 2 atom stereocenters. The quantitative estimate of drug-likeness (QED) is 0.186. The number of hydrogen-bond donors (Lipinski definition) is 2. The van der Waals surface area contributed by atoms with Gasteiger partial charge < -0.3 is 19.9 Å². The summed E-state index contributed by atoms with van der Waals surface area (Å²) in [5, 5.41) is 11.8. The van der Waals surface area contributed by atoms with Gasteiger partial charge in [-0.1, -0.05) is 13.8 Å². The average Bonchev–Trinajstić information content (AvgIpc) is 2.94. The molecule has 278 valence electrons. The Hall–Kier alpha value is -4.34. The van der Waals surface area contributed by atoms with E-state index >= 15 is 8.78 Å². The van der Waals surface area contributed by atoms with E-state index in [4.69, 9.17) is 0 Å². The SMILES string of the molecule is Cc1cc(F)cc(C)c1-c1cc(C(F)(F)F)c(F)c([C@H](CC(=O)O)NC(=O)C(CC(C)C)n2cc(CCN3CCC3)c(C(F)(F)F)cc2=O)c1F. The summed E-state index contributed by atoms with van der Waals surface area (Å²) in [5.41, 5.74) is -7.39. The number of amides is 1. The Morgan fingerprint density at radius 2 is 1.49 bits per heavy atom. The number of aromatic nitrogens is 1. The molecule has 1 aliphatic rings. The Bertz CT molecular complexity index is 1840. The van der Waals surface area contributed by atoms with Crippen LogP contribution in [0.15, 0.2) is 35.3 Å². The average molecular weight is 734 g/mol. The third-order valence-electron chi connectivity index (χ3n) is 8.80. The van der Waals surface area contributed by atoms with Crippen molar-refractivity contribution in [2.45, 2.75) is 77.8 Å². The molecule has 1 aliphatic heterocycles. The van der Waals surface area contributed by atoms with Crippen molar-refractivity contribution in [3.8, 4) is 11.1 Å². The maximum atomic E-state index is 16.4. The van der Waals surface area contributed by atoms with Crippen LogP contribution in [0.1, 0.15) is 78.6 Å². The summed E-state index contributed by atoms with van der Waals surface area (Å²) in [6.07, 6.45) is -10.4. The Kier molecular flexibility index (Phi) is 11.7. The summed E-state index contributed by atoms with van der Waals surface area (Å²) in [7, 11) is 0. The van der Waals surface area contributed by atoms with Crippen LogP contribution < -0.4 is 10.9 Å². The van der Waals surface area contributed by atoms with E-state index < -0.39 is 93.9 Å².